The molecule has 0 aromatic heterocycles. The molecule has 0 bridgehead atoms. The highest BCUT2D eigenvalue weighted by Crippen LogP contribution is 1.97. The molecule has 0 aliphatic carbocycles. The number of hydrogen-bond acceptors (Lipinski definition) is 8. The molecule has 24 heavy (non-hydrogen) atoms. The van der Waals surface area contributed by atoms with Crippen LogP contribution in [0.15, 0.2) is 0 Å². The molecule has 0 heterocycles. The van der Waals surface area contributed by atoms with Crippen LogP contribution in [0.3, 0.4) is 0 Å². The van der Waals surface area contributed by atoms with Crippen LogP contribution in [-0.2, 0) is 38.0 Å². The largest absolute Gasteiger partial charge is 0.465 e. The summed E-state index contributed by atoms with van der Waals surface area (Å²) in [5, 5.41) is 0. The van der Waals surface area contributed by atoms with E-state index in [9.17, 15) is 9.59 Å². The average molecular weight is 352 g/mol. The van der Waals surface area contributed by atoms with Crippen LogP contribution < -0.4 is 0 Å². The molecule has 0 saturated heterocycles. The van der Waals surface area contributed by atoms with Crippen LogP contribution in [0.1, 0.15) is 27.7 Å². The fourth-order valence-corrected chi connectivity index (χ4v) is 1.28. The van der Waals surface area contributed by atoms with E-state index in [0.717, 1.165) is 0 Å². The number of ether oxygens (including phenoxy) is 6. The molecule has 0 spiro atoms. The van der Waals surface area contributed by atoms with Gasteiger partial charge in [-0.05, 0) is 0 Å². The highest BCUT2D eigenvalue weighted by atomic mass is 16.7. The minimum atomic E-state index is -0.315. The molecule has 0 unspecified atom stereocenters. The van der Waals surface area contributed by atoms with Crippen LogP contribution >= 0.6 is 0 Å². The first-order valence-corrected chi connectivity index (χ1v) is 7.73. The van der Waals surface area contributed by atoms with Gasteiger partial charge in [0.2, 0.25) is 0 Å². The van der Waals surface area contributed by atoms with Crippen molar-refractivity contribution in [2.75, 3.05) is 54.2 Å². The molecule has 0 aliphatic rings. The van der Waals surface area contributed by atoms with Crippen LogP contribution in [0.5, 0.6) is 0 Å². The van der Waals surface area contributed by atoms with E-state index in [1.165, 1.54) is 13.8 Å². The third-order valence-electron chi connectivity index (χ3n) is 2.35. The Hall–Kier alpha value is -1.22. The number of methoxy groups -OCH3 is 2. The summed E-state index contributed by atoms with van der Waals surface area (Å²) in [6, 6.07) is 0. The highest BCUT2D eigenvalue weighted by molar-refractivity contribution is 5.66. The Morgan fingerprint density at radius 1 is 0.708 bits per heavy atom. The number of carbonyl (C=O) groups excluding carboxylic acids is 2. The van der Waals surface area contributed by atoms with Crippen LogP contribution in [0.25, 0.3) is 0 Å². The normalized spacial score (nSPS) is 10.3. The third-order valence-corrected chi connectivity index (χ3v) is 2.35. The van der Waals surface area contributed by atoms with Gasteiger partial charge < -0.3 is 28.4 Å². The summed E-state index contributed by atoms with van der Waals surface area (Å²) in [5.41, 5.74) is 0. The Morgan fingerprint density at radius 3 is 1.33 bits per heavy atom. The maximum absolute atomic E-state index is 10.4. The van der Waals surface area contributed by atoms with Gasteiger partial charge in [-0.2, -0.15) is 0 Å². The van der Waals surface area contributed by atoms with Crippen molar-refractivity contribution in [1.29, 1.82) is 0 Å². The average Bonchev–Trinajstić information content (AvgIpc) is 2.52. The van der Waals surface area contributed by atoms with E-state index < -0.39 is 0 Å². The van der Waals surface area contributed by atoms with Gasteiger partial charge in [-0.15, -0.1) is 0 Å². The van der Waals surface area contributed by atoms with Crippen molar-refractivity contribution >= 4 is 11.9 Å². The van der Waals surface area contributed by atoms with Gasteiger partial charge in [0, 0.05) is 39.9 Å². The molecule has 0 amide bonds. The predicted molar refractivity (Wildman–Crippen MR) is 87.3 cm³/mol. The summed E-state index contributed by atoms with van der Waals surface area (Å²) in [6.45, 7) is 9.15. The van der Waals surface area contributed by atoms with Crippen molar-refractivity contribution in [1.82, 2.24) is 0 Å². The SMILES string of the molecule is CC(=O)OCC(C)COC(C)=O.COCOCC(C)COCOC. The lowest BCUT2D eigenvalue weighted by Crippen LogP contribution is -2.16. The van der Waals surface area contributed by atoms with Gasteiger partial charge >= 0.3 is 11.9 Å². The van der Waals surface area contributed by atoms with Crippen LogP contribution in [0.4, 0.5) is 0 Å². The Labute approximate surface area is 144 Å². The van der Waals surface area contributed by atoms with Gasteiger partial charge in [0.1, 0.15) is 13.6 Å². The predicted octanol–water partition coefficient (Wildman–Crippen LogP) is 1.61. The smallest absolute Gasteiger partial charge is 0.302 e. The summed E-state index contributed by atoms with van der Waals surface area (Å²) < 4.78 is 29.1. The number of carbonyl (C=O) groups is 2. The van der Waals surface area contributed by atoms with E-state index in [1.54, 1.807) is 14.2 Å². The fourth-order valence-electron chi connectivity index (χ4n) is 1.28. The molecule has 0 atom stereocenters. The van der Waals surface area contributed by atoms with E-state index in [4.69, 9.17) is 28.4 Å². The van der Waals surface area contributed by atoms with Gasteiger partial charge in [0.05, 0.1) is 26.4 Å². The van der Waals surface area contributed by atoms with Gasteiger partial charge in [-0.25, -0.2) is 0 Å². The topological polar surface area (TPSA) is 89.5 Å². The molecule has 0 aromatic rings. The van der Waals surface area contributed by atoms with Gasteiger partial charge in [-0.3, -0.25) is 9.59 Å². The zero-order chi connectivity index (χ0) is 18.8. The van der Waals surface area contributed by atoms with Gasteiger partial charge in [-0.1, -0.05) is 13.8 Å². The number of rotatable bonds is 12. The standard InChI is InChI=1S/C8H18O4.C8H14O4/c1-8(4-11-6-9-2)5-12-7-10-3;1-6(4-11-7(2)9)5-12-8(3)10/h8H,4-7H2,1-3H3;6H,4-5H2,1-3H3. The molecule has 0 fully saturated rings. The van der Waals surface area contributed by atoms with E-state index in [0.29, 0.717) is 45.9 Å². The lowest BCUT2D eigenvalue weighted by Gasteiger charge is -2.11. The first kappa shape index (κ1) is 25.0. The lowest BCUT2D eigenvalue weighted by atomic mass is 10.2. The van der Waals surface area contributed by atoms with Crippen LogP contribution in [-0.4, -0.2) is 66.2 Å². The van der Waals surface area contributed by atoms with E-state index in [1.807, 2.05) is 13.8 Å². The molecule has 0 aliphatic heterocycles. The van der Waals surface area contributed by atoms with Crippen molar-refractivity contribution in [3.8, 4) is 0 Å². The number of hydrogen-bond donors (Lipinski definition) is 0. The Balaban J connectivity index is 0. The molecule has 0 saturated carbocycles. The maximum atomic E-state index is 10.4. The minimum Gasteiger partial charge on any atom is -0.465 e. The van der Waals surface area contributed by atoms with Gasteiger partial charge in [0.25, 0.3) is 0 Å². The maximum Gasteiger partial charge on any atom is 0.302 e. The molecular weight excluding hydrogens is 320 g/mol. The van der Waals surface area contributed by atoms with E-state index in [-0.39, 0.29) is 17.9 Å². The van der Waals surface area contributed by atoms with Crippen molar-refractivity contribution < 1.29 is 38.0 Å². The molecular formula is C16H32O8. The Morgan fingerprint density at radius 2 is 1.04 bits per heavy atom. The molecule has 0 aromatic carbocycles. The number of esters is 2. The van der Waals surface area contributed by atoms with E-state index >= 15 is 0 Å². The lowest BCUT2D eigenvalue weighted by molar-refractivity contribution is -0.145. The second-order valence-electron chi connectivity index (χ2n) is 5.37. The third kappa shape index (κ3) is 23.1. The van der Waals surface area contributed by atoms with E-state index in [2.05, 4.69) is 0 Å². The quantitative estimate of drug-likeness (QED) is 0.297. The Bertz CT molecular complexity index is 280. The summed E-state index contributed by atoms with van der Waals surface area (Å²) >= 11 is 0. The summed E-state index contributed by atoms with van der Waals surface area (Å²) in [7, 11) is 3.21. The summed E-state index contributed by atoms with van der Waals surface area (Å²) in [4.78, 5) is 20.7. The second kappa shape index (κ2) is 18.1. The zero-order valence-corrected chi connectivity index (χ0v) is 15.7. The van der Waals surface area contributed by atoms with Crippen molar-refractivity contribution in [2.45, 2.75) is 27.7 Å². The van der Waals surface area contributed by atoms with Crippen molar-refractivity contribution in [3.05, 3.63) is 0 Å². The molecule has 0 N–H and O–H groups in total. The molecule has 0 radical (unpaired) electrons. The Kier molecular flexibility index (Phi) is 18.9. The monoisotopic (exact) mass is 352 g/mol. The second-order valence-corrected chi connectivity index (χ2v) is 5.37. The van der Waals surface area contributed by atoms with Gasteiger partial charge in [0.15, 0.2) is 0 Å². The fraction of sp³-hybridized carbons (Fsp3) is 0.875. The molecule has 144 valence electrons. The molecule has 0 rings (SSSR count). The zero-order valence-electron chi connectivity index (χ0n) is 15.7. The summed E-state index contributed by atoms with van der Waals surface area (Å²) in [5.74, 6) is -0.206. The summed E-state index contributed by atoms with van der Waals surface area (Å²) in [6.07, 6.45) is 0. The van der Waals surface area contributed by atoms with Crippen LogP contribution in [0.2, 0.25) is 0 Å². The molecule has 8 nitrogen and oxygen atoms in total. The first-order valence-electron chi connectivity index (χ1n) is 7.73. The first-order chi connectivity index (χ1) is 11.3. The molecule has 8 heteroatoms. The highest BCUT2D eigenvalue weighted by Gasteiger charge is 2.05. The minimum absolute atomic E-state index is 0.0535. The van der Waals surface area contributed by atoms with Crippen LogP contribution in [0, 0.1) is 11.8 Å². The van der Waals surface area contributed by atoms with Crippen molar-refractivity contribution in [3.63, 3.8) is 0 Å². The van der Waals surface area contributed by atoms with Crippen molar-refractivity contribution in [2.24, 2.45) is 11.8 Å².